The van der Waals surface area contributed by atoms with Crippen LogP contribution >= 0.6 is 0 Å². The first-order valence-electron chi connectivity index (χ1n) is 6.99. The second kappa shape index (κ2) is 5.91. The summed E-state index contributed by atoms with van der Waals surface area (Å²) >= 11 is 0. The van der Waals surface area contributed by atoms with Gasteiger partial charge in [-0.3, -0.25) is 4.98 Å². The average Bonchev–Trinajstić information content (AvgIpc) is 3.04. The van der Waals surface area contributed by atoms with Crippen LogP contribution in [0.2, 0.25) is 0 Å². The fourth-order valence-corrected chi connectivity index (χ4v) is 2.13. The van der Waals surface area contributed by atoms with Gasteiger partial charge in [-0.1, -0.05) is 13.8 Å². The fraction of sp³-hybridized carbons (Fsp3) is 0.308. The Bertz CT molecular complexity index is 770. The second-order valence-electron chi connectivity index (χ2n) is 5.29. The number of nitrogens with two attached hydrogens (primary N) is 2. The lowest BCUT2D eigenvalue weighted by Crippen LogP contribution is -2.07. The molecule has 118 valence electrons. The predicted molar refractivity (Wildman–Crippen MR) is 84.9 cm³/mol. The first-order chi connectivity index (χ1) is 11.0. The maximum atomic E-state index is 5.88. The molecule has 0 saturated carbocycles. The third kappa shape index (κ3) is 3.05. The monoisotopic (exact) mass is 312 g/mol. The molecule has 0 atom stereocenters. The molecule has 3 heterocycles. The van der Waals surface area contributed by atoms with Gasteiger partial charge in [0, 0.05) is 11.9 Å². The van der Waals surface area contributed by atoms with Gasteiger partial charge in [0.1, 0.15) is 5.69 Å². The van der Waals surface area contributed by atoms with E-state index in [1.165, 1.54) is 6.20 Å². The first kappa shape index (κ1) is 14.8. The molecule has 0 amide bonds. The Balaban J connectivity index is 1.99. The molecule has 0 aliphatic carbocycles. The first-order valence-corrected chi connectivity index (χ1v) is 6.99. The summed E-state index contributed by atoms with van der Waals surface area (Å²) < 4.78 is 0. The number of nitrogen functional groups attached to an aromatic ring is 2. The molecular weight excluding hydrogens is 296 g/mol. The van der Waals surface area contributed by atoms with E-state index in [-0.39, 0.29) is 17.7 Å². The van der Waals surface area contributed by atoms with Crippen LogP contribution in [0.25, 0.3) is 0 Å². The Labute approximate surface area is 132 Å². The maximum Gasteiger partial charge on any atom is 0.227 e. The topological polar surface area (TPSA) is 152 Å². The Morgan fingerprint density at radius 2 is 1.78 bits per heavy atom. The van der Waals surface area contributed by atoms with Crippen LogP contribution in [0.5, 0.6) is 0 Å². The predicted octanol–water partition coefficient (Wildman–Crippen LogP) is 2.73. The van der Waals surface area contributed by atoms with Crippen molar-refractivity contribution in [3.8, 4) is 0 Å². The molecule has 0 aromatic carbocycles. The highest BCUT2D eigenvalue weighted by atomic mass is 15.6. The van der Waals surface area contributed by atoms with Gasteiger partial charge in [0.05, 0.1) is 11.9 Å². The summed E-state index contributed by atoms with van der Waals surface area (Å²) in [6.07, 6.45) is 2.80. The zero-order valence-corrected chi connectivity index (χ0v) is 12.7. The van der Waals surface area contributed by atoms with Gasteiger partial charge in [0.25, 0.3) is 0 Å². The summed E-state index contributed by atoms with van der Waals surface area (Å²) in [5, 5.41) is 18.0. The van der Waals surface area contributed by atoms with E-state index in [1.807, 2.05) is 6.07 Å². The van der Waals surface area contributed by atoms with Crippen LogP contribution in [-0.4, -0.2) is 15.0 Å². The molecule has 0 fully saturated rings. The Morgan fingerprint density at radius 3 is 2.43 bits per heavy atom. The summed E-state index contributed by atoms with van der Waals surface area (Å²) in [6, 6.07) is 1.85. The summed E-state index contributed by atoms with van der Waals surface area (Å²) in [5.74, 6) is 0.645. The molecule has 0 unspecified atom stereocenters. The largest absolute Gasteiger partial charge is 0.382 e. The summed E-state index contributed by atoms with van der Waals surface area (Å²) in [7, 11) is 0. The van der Waals surface area contributed by atoms with E-state index in [2.05, 4.69) is 54.8 Å². The van der Waals surface area contributed by atoms with E-state index in [0.717, 1.165) is 11.3 Å². The van der Waals surface area contributed by atoms with Gasteiger partial charge in [0.15, 0.2) is 5.82 Å². The van der Waals surface area contributed by atoms with E-state index >= 15 is 0 Å². The lowest BCUT2D eigenvalue weighted by atomic mass is 10.0. The van der Waals surface area contributed by atoms with Crippen molar-refractivity contribution < 1.29 is 0 Å². The minimum Gasteiger partial charge on any atom is -0.382 e. The molecule has 1 aliphatic rings. The van der Waals surface area contributed by atoms with Crippen LogP contribution in [-0.2, 0) is 0 Å². The van der Waals surface area contributed by atoms with Gasteiger partial charge in [-0.05, 0) is 28.0 Å². The van der Waals surface area contributed by atoms with Gasteiger partial charge in [-0.25, -0.2) is 4.98 Å². The van der Waals surface area contributed by atoms with Crippen molar-refractivity contribution in [2.75, 3.05) is 16.8 Å². The smallest absolute Gasteiger partial charge is 0.227 e. The van der Waals surface area contributed by atoms with Gasteiger partial charge < -0.3 is 16.8 Å². The summed E-state index contributed by atoms with van der Waals surface area (Å²) in [5.41, 5.74) is 14.4. The van der Waals surface area contributed by atoms with Crippen LogP contribution < -0.4 is 16.8 Å². The lowest BCUT2D eigenvalue weighted by molar-refractivity contribution is 0.730. The van der Waals surface area contributed by atoms with Crippen LogP contribution in [0.15, 0.2) is 39.1 Å². The number of anilines is 4. The molecule has 10 nitrogen and oxygen atoms in total. The fourth-order valence-electron chi connectivity index (χ4n) is 2.13. The molecule has 10 heteroatoms. The molecule has 0 bridgehead atoms. The van der Waals surface area contributed by atoms with Crippen molar-refractivity contribution in [3.63, 3.8) is 0 Å². The number of nitrogens with one attached hydrogen (secondary N) is 1. The number of pyridine rings is 1. The van der Waals surface area contributed by atoms with Gasteiger partial charge in [0.2, 0.25) is 12.1 Å². The van der Waals surface area contributed by atoms with Crippen molar-refractivity contribution in [1.29, 1.82) is 0 Å². The summed E-state index contributed by atoms with van der Waals surface area (Å²) in [4.78, 5) is 12.3. The highest BCUT2D eigenvalue weighted by molar-refractivity contribution is 5.71. The number of nitrogens with zero attached hydrogens (tertiary/aromatic N) is 7. The van der Waals surface area contributed by atoms with E-state index in [9.17, 15) is 0 Å². The van der Waals surface area contributed by atoms with Crippen molar-refractivity contribution >= 4 is 23.1 Å². The van der Waals surface area contributed by atoms with Crippen LogP contribution in [0.4, 0.5) is 23.1 Å². The Kier molecular flexibility index (Phi) is 3.79. The molecule has 1 aliphatic heterocycles. The van der Waals surface area contributed by atoms with Crippen LogP contribution in [0, 0.1) is 0 Å². The molecule has 5 N–H and O–H groups in total. The molecule has 0 saturated heterocycles. The lowest BCUT2D eigenvalue weighted by Gasteiger charge is -2.16. The quantitative estimate of drug-likeness (QED) is 0.789. The van der Waals surface area contributed by atoms with Crippen molar-refractivity contribution in [1.82, 2.24) is 15.0 Å². The molecular formula is C13H16N10. The highest BCUT2D eigenvalue weighted by Crippen LogP contribution is 2.32. The molecule has 0 radical (unpaired) electrons. The van der Waals surface area contributed by atoms with E-state index in [4.69, 9.17) is 11.5 Å². The number of hydrogen-bond donors (Lipinski definition) is 3. The highest BCUT2D eigenvalue weighted by Gasteiger charge is 2.18. The third-order valence-electron chi connectivity index (χ3n) is 3.31. The standard InChI is InChI=1S/C13H16N10/c1-6(2)7-4-16-9(12-20-22-23-21-12)3-8(7)18-10-5-17-13(15)19-11(10)14/h3-6,12H,1-2H3,(H,16,18)(H4,14,15,17,19). The van der Waals surface area contributed by atoms with Crippen molar-refractivity contribution in [2.45, 2.75) is 25.9 Å². The van der Waals surface area contributed by atoms with Crippen molar-refractivity contribution in [2.24, 2.45) is 20.7 Å². The maximum absolute atomic E-state index is 5.88. The Hall–Kier alpha value is -3.17. The number of rotatable bonds is 4. The van der Waals surface area contributed by atoms with Gasteiger partial charge in [-0.2, -0.15) is 4.98 Å². The molecule has 3 rings (SSSR count). The third-order valence-corrected chi connectivity index (χ3v) is 3.31. The molecule has 2 aromatic rings. The van der Waals surface area contributed by atoms with Crippen LogP contribution in [0.1, 0.15) is 37.2 Å². The Morgan fingerprint density at radius 1 is 1.04 bits per heavy atom. The number of hydrogen-bond acceptors (Lipinski definition) is 10. The zero-order chi connectivity index (χ0) is 16.4. The zero-order valence-electron chi connectivity index (χ0n) is 12.7. The minimum absolute atomic E-state index is 0.124. The molecule has 23 heavy (non-hydrogen) atoms. The minimum atomic E-state index is -0.517. The normalized spacial score (nSPS) is 13.9. The summed E-state index contributed by atoms with van der Waals surface area (Å²) in [6.45, 7) is 4.14. The average molecular weight is 312 g/mol. The van der Waals surface area contributed by atoms with E-state index < -0.39 is 6.17 Å². The van der Waals surface area contributed by atoms with E-state index in [1.54, 1.807) is 6.20 Å². The van der Waals surface area contributed by atoms with Gasteiger partial charge in [-0.15, -0.1) is 10.2 Å². The van der Waals surface area contributed by atoms with Crippen molar-refractivity contribution in [3.05, 3.63) is 29.7 Å². The van der Waals surface area contributed by atoms with Gasteiger partial charge >= 0.3 is 0 Å². The number of aromatic nitrogens is 3. The molecule has 2 aromatic heterocycles. The SMILES string of the molecule is CC(C)c1cnc(C2N=NN=N2)cc1Nc1cnc(N)nc1N. The molecule has 0 spiro atoms. The van der Waals surface area contributed by atoms with E-state index in [0.29, 0.717) is 11.4 Å². The second-order valence-corrected chi connectivity index (χ2v) is 5.29. The van der Waals surface area contributed by atoms with Crippen LogP contribution in [0.3, 0.4) is 0 Å².